The second-order valence-corrected chi connectivity index (χ2v) is 19.3. The van der Waals surface area contributed by atoms with E-state index in [-0.39, 0.29) is 22.6 Å². The molecular formula is C58H58N8. The molecule has 2 N–H and O–H groups in total. The fraction of sp³-hybridized carbons (Fsp3) is 0.293. The minimum absolute atomic E-state index is 0.0428. The smallest absolute Gasteiger partial charge is 0.165 e. The molecule has 5 fully saturated rings. The van der Waals surface area contributed by atoms with Crippen molar-refractivity contribution in [2.45, 2.75) is 76.2 Å². The van der Waals surface area contributed by atoms with E-state index in [0.29, 0.717) is 41.2 Å². The maximum absolute atomic E-state index is 8.97. The normalized spacial score (nSPS) is 23.2. The lowest BCUT2D eigenvalue weighted by molar-refractivity contribution is -0.0546. The zero-order valence-corrected chi connectivity index (χ0v) is 38.1. The highest BCUT2D eigenvalue weighted by Gasteiger charge is 2.59. The summed E-state index contributed by atoms with van der Waals surface area (Å²) < 4.78 is 0. The summed E-state index contributed by atoms with van der Waals surface area (Å²) in [7, 11) is 2.09. The van der Waals surface area contributed by atoms with Gasteiger partial charge < -0.3 is 10.3 Å². The number of likely N-dealkylation sites (N-methyl/N-ethyl adjacent to an activating group) is 1. The van der Waals surface area contributed by atoms with Crippen LogP contribution in [-0.4, -0.2) is 55.8 Å². The molecule has 4 bridgehead atoms. The molecular weight excluding hydrogens is 809 g/mol. The Labute approximate surface area is 389 Å². The van der Waals surface area contributed by atoms with Gasteiger partial charge in [0, 0.05) is 58.9 Å². The molecule has 4 aromatic carbocycles. The monoisotopic (exact) mass is 866 g/mol. The molecule has 0 aliphatic heterocycles. The van der Waals surface area contributed by atoms with Crippen molar-refractivity contribution in [2.24, 2.45) is 28.2 Å². The molecule has 3 unspecified atom stereocenters. The first-order chi connectivity index (χ1) is 32.2. The molecule has 2 aromatic heterocycles. The molecule has 66 heavy (non-hydrogen) atoms. The number of benzene rings is 4. The average Bonchev–Trinajstić information content (AvgIpc) is 3.34. The molecule has 0 radical (unpaired) electrons. The predicted molar refractivity (Wildman–Crippen MR) is 269 cm³/mol. The summed E-state index contributed by atoms with van der Waals surface area (Å²) in [6.07, 6.45) is 20.5. The first-order valence-electron chi connectivity index (χ1n) is 23.7. The van der Waals surface area contributed by atoms with E-state index in [9.17, 15) is 0 Å². The second-order valence-electron chi connectivity index (χ2n) is 19.3. The highest BCUT2D eigenvalue weighted by Crippen LogP contribution is 2.68. The molecule has 8 nitrogen and oxygen atoms in total. The number of aliphatic imine (C=N–C) groups is 1. The van der Waals surface area contributed by atoms with Gasteiger partial charge in [-0.15, -0.1) is 0 Å². The molecule has 5 saturated carbocycles. The van der Waals surface area contributed by atoms with Gasteiger partial charge in [0.05, 0.1) is 5.69 Å². The van der Waals surface area contributed by atoms with Crippen LogP contribution in [-0.2, 0) is 5.41 Å². The summed E-state index contributed by atoms with van der Waals surface area (Å²) in [5, 5.41) is 17.7. The number of rotatable bonds is 13. The summed E-state index contributed by atoms with van der Waals surface area (Å²) in [5.74, 6) is 4.17. The van der Waals surface area contributed by atoms with Crippen LogP contribution in [0.3, 0.4) is 0 Å². The predicted octanol–water partition coefficient (Wildman–Crippen LogP) is 13.0. The van der Waals surface area contributed by atoms with Crippen molar-refractivity contribution in [1.29, 1.82) is 10.8 Å². The third kappa shape index (κ3) is 8.41. The topological polar surface area (TPSA) is 115 Å². The fourth-order valence-electron chi connectivity index (χ4n) is 12.1. The maximum atomic E-state index is 8.97. The Kier molecular flexibility index (Phi) is 11.8. The van der Waals surface area contributed by atoms with Crippen LogP contribution in [0, 0.1) is 34.0 Å². The molecule has 0 spiro atoms. The van der Waals surface area contributed by atoms with E-state index in [1.54, 1.807) is 0 Å². The van der Waals surface area contributed by atoms with Gasteiger partial charge in [0.15, 0.2) is 23.3 Å². The first-order valence-corrected chi connectivity index (χ1v) is 23.7. The summed E-state index contributed by atoms with van der Waals surface area (Å²) in [6, 6.07) is 43.6. The molecule has 0 amide bonds. The van der Waals surface area contributed by atoms with Gasteiger partial charge in [-0.3, -0.25) is 10.4 Å². The van der Waals surface area contributed by atoms with Crippen LogP contribution in [0.2, 0.25) is 0 Å². The number of hydrogen-bond acceptors (Lipinski definition) is 6. The van der Waals surface area contributed by atoms with Gasteiger partial charge in [0.1, 0.15) is 5.84 Å². The van der Waals surface area contributed by atoms with Crippen molar-refractivity contribution in [1.82, 2.24) is 24.8 Å². The van der Waals surface area contributed by atoms with Crippen molar-refractivity contribution in [3.05, 3.63) is 181 Å². The van der Waals surface area contributed by atoms with Gasteiger partial charge in [-0.2, -0.15) is 0 Å². The van der Waals surface area contributed by atoms with Crippen LogP contribution < -0.4 is 0 Å². The summed E-state index contributed by atoms with van der Waals surface area (Å²) in [4.78, 5) is 26.8. The summed E-state index contributed by atoms with van der Waals surface area (Å²) in [5.41, 5.74) is 9.26. The lowest BCUT2D eigenvalue weighted by Crippen LogP contribution is -2.55. The fourth-order valence-corrected chi connectivity index (χ4v) is 12.1. The van der Waals surface area contributed by atoms with Gasteiger partial charge in [-0.1, -0.05) is 153 Å². The number of nitrogens with one attached hydrogen (secondary N) is 2. The Morgan fingerprint density at radius 2 is 1.32 bits per heavy atom. The number of amidine groups is 2. The highest BCUT2D eigenvalue weighted by molar-refractivity contribution is 6.19. The third-order valence-corrected chi connectivity index (χ3v) is 15.0. The van der Waals surface area contributed by atoms with Crippen molar-refractivity contribution in [3.8, 4) is 45.4 Å². The Balaban J connectivity index is 0.919. The first kappa shape index (κ1) is 43.0. The zero-order chi connectivity index (χ0) is 45.3. The molecule has 3 atom stereocenters. The Morgan fingerprint density at radius 1 is 0.742 bits per heavy atom. The van der Waals surface area contributed by atoms with E-state index in [1.165, 1.54) is 55.9 Å². The summed E-state index contributed by atoms with van der Waals surface area (Å²) in [6.45, 7) is 6.54. The molecule has 0 saturated heterocycles. The third-order valence-electron chi connectivity index (χ3n) is 15.0. The highest BCUT2D eigenvalue weighted by atomic mass is 15.2. The Bertz CT molecular complexity index is 2750. The van der Waals surface area contributed by atoms with Gasteiger partial charge in [-0.25, -0.2) is 19.9 Å². The average molecular weight is 867 g/mol. The minimum Gasteiger partial charge on any atom is -0.356 e. The van der Waals surface area contributed by atoms with Gasteiger partial charge in [-0.05, 0) is 104 Å². The number of allylic oxidation sites excluding steroid dienone is 4. The lowest BCUT2D eigenvalue weighted by Gasteiger charge is -2.63. The largest absolute Gasteiger partial charge is 0.356 e. The SMILES string of the molecule is C=C/C=C(\C(C)/C=C(C=N)/C(=N/C(=N)c1ccccc1)N(C)C1CCC1)C12CC3CC(C1)CC(c1ccc(-c4ccc(-c5nc(-c6ccccc6)nc(-c6ccccc6)n5)cn4)cc1)(C3)C2. The van der Waals surface area contributed by atoms with Crippen LogP contribution in [0.25, 0.3) is 45.4 Å². The van der Waals surface area contributed by atoms with Crippen LogP contribution in [0.15, 0.2) is 175 Å². The number of nitrogens with zero attached hydrogens (tertiary/aromatic N) is 6. The van der Waals surface area contributed by atoms with E-state index in [0.717, 1.165) is 58.3 Å². The lowest BCUT2D eigenvalue weighted by atomic mass is 9.41. The molecule has 330 valence electrons. The number of hydrogen-bond donors (Lipinski definition) is 2. The number of aromatic nitrogens is 4. The standard InChI is InChI=1S/C58H58N8/c1-4-15-50(39(2)30-47(36-59)56(66(3)49-22-14-23-49)62-52(60)43-16-8-5-9-17-43)58-34-40-31-41(35-58)33-57(32-40,38-58)48-27-24-42(25-28-48)51-29-26-46(37-61-51)55-64-53(44-18-10-6-11-19-44)63-54(65-55)45-20-12-7-13-21-45/h4-13,15-21,24-30,36-37,39-41,49,59-60H,1,14,22-23,31-35,38H2,2-3H3/b47-30+,50-15+,59-36?,60-52?,62-56-. The number of pyridine rings is 1. The van der Waals surface area contributed by atoms with Gasteiger partial charge in [0.2, 0.25) is 0 Å². The van der Waals surface area contributed by atoms with E-state index >= 15 is 0 Å². The van der Waals surface area contributed by atoms with Crippen molar-refractivity contribution >= 4 is 17.9 Å². The molecule has 5 aliphatic carbocycles. The molecule has 5 aliphatic rings. The second kappa shape index (κ2) is 18.2. The van der Waals surface area contributed by atoms with Crippen molar-refractivity contribution in [3.63, 3.8) is 0 Å². The molecule has 11 rings (SSSR count). The van der Waals surface area contributed by atoms with E-state index in [4.69, 9.17) is 35.7 Å². The Morgan fingerprint density at radius 3 is 1.85 bits per heavy atom. The van der Waals surface area contributed by atoms with Crippen LogP contribution >= 0.6 is 0 Å². The zero-order valence-electron chi connectivity index (χ0n) is 38.1. The Hall–Kier alpha value is -6.93. The van der Waals surface area contributed by atoms with Crippen molar-refractivity contribution < 1.29 is 0 Å². The van der Waals surface area contributed by atoms with Crippen LogP contribution in [0.1, 0.15) is 75.8 Å². The maximum Gasteiger partial charge on any atom is 0.165 e. The molecule has 2 heterocycles. The van der Waals surface area contributed by atoms with E-state index in [1.807, 2.05) is 103 Å². The minimum atomic E-state index is 0.0428. The van der Waals surface area contributed by atoms with Crippen LogP contribution in [0.4, 0.5) is 0 Å². The summed E-state index contributed by atoms with van der Waals surface area (Å²) >= 11 is 0. The quantitative estimate of drug-likeness (QED) is 0.0681. The van der Waals surface area contributed by atoms with Gasteiger partial charge in [0.25, 0.3) is 0 Å². The van der Waals surface area contributed by atoms with E-state index in [2.05, 4.69) is 74.0 Å². The molecule has 6 aromatic rings. The molecule has 8 heteroatoms. The van der Waals surface area contributed by atoms with Crippen LogP contribution in [0.5, 0.6) is 0 Å². The van der Waals surface area contributed by atoms with Crippen molar-refractivity contribution in [2.75, 3.05) is 7.05 Å². The van der Waals surface area contributed by atoms with E-state index < -0.39 is 0 Å². The van der Waals surface area contributed by atoms with Gasteiger partial charge >= 0.3 is 0 Å².